The third-order valence-corrected chi connectivity index (χ3v) is 6.13. The van der Waals surface area contributed by atoms with Gasteiger partial charge in [0.15, 0.2) is 15.9 Å². The number of nitrogens with zero attached hydrogens (tertiary/aromatic N) is 2. The van der Waals surface area contributed by atoms with Gasteiger partial charge in [0.1, 0.15) is 0 Å². The first-order valence-corrected chi connectivity index (χ1v) is 9.77. The first kappa shape index (κ1) is 19.8. The third-order valence-electron chi connectivity index (χ3n) is 4.38. The smallest absolute Gasteiger partial charge is 0.339 e. The summed E-state index contributed by atoms with van der Waals surface area (Å²) in [4.78, 5) is 36.2. The molecule has 0 saturated carbocycles. The van der Waals surface area contributed by atoms with E-state index in [0.717, 1.165) is 6.07 Å². The Morgan fingerprint density at radius 3 is 2.58 bits per heavy atom. The van der Waals surface area contributed by atoms with Gasteiger partial charge in [-0.3, -0.25) is 14.9 Å². The van der Waals surface area contributed by atoms with E-state index in [1.54, 1.807) is 6.92 Å². The molecule has 1 fully saturated rings. The second-order valence-electron chi connectivity index (χ2n) is 6.31. The van der Waals surface area contributed by atoms with Gasteiger partial charge in [0, 0.05) is 24.7 Å². The number of sulfone groups is 1. The predicted molar refractivity (Wildman–Crippen MR) is 92.5 cm³/mol. The molecule has 1 amide bonds. The molecule has 1 saturated heterocycles. The number of ether oxygens (including phenoxy) is 1. The number of likely N-dealkylation sites (N-methyl/N-ethyl adjacent to an activating group) is 1. The van der Waals surface area contributed by atoms with Gasteiger partial charge in [-0.05, 0) is 26.3 Å². The van der Waals surface area contributed by atoms with E-state index in [1.807, 2.05) is 0 Å². The number of esters is 1. The number of hydrogen-bond donors (Lipinski definition) is 0. The highest BCUT2D eigenvalue weighted by Crippen LogP contribution is 2.21. The second kappa shape index (κ2) is 7.40. The van der Waals surface area contributed by atoms with Gasteiger partial charge < -0.3 is 9.64 Å². The summed E-state index contributed by atoms with van der Waals surface area (Å²) in [6, 6.07) is 3.46. The molecule has 1 aliphatic rings. The van der Waals surface area contributed by atoms with E-state index in [-0.39, 0.29) is 22.8 Å². The maximum Gasteiger partial charge on any atom is 0.339 e. The summed E-state index contributed by atoms with van der Waals surface area (Å²) < 4.78 is 28.2. The fraction of sp³-hybridized carbons (Fsp3) is 0.500. The quantitative estimate of drug-likeness (QED) is 0.423. The molecule has 26 heavy (non-hydrogen) atoms. The summed E-state index contributed by atoms with van der Waals surface area (Å²) in [6.07, 6.45) is -0.800. The third kappa shape index (κ3) is 4.37. The fourth-order valence-corrected chi connectivity index (χ4v) is 4.53. The molecule has 1 heterocycles. The summed E-state index contributed by atoms with van der Waals surface area (Å²) in [5, 5.41) is 11.0. The van der Waals surface area contributed by atoms with Crippen molar-refractivity contribution < 1.29 is 27.7 Å². The lowest BCUT2D eigenvalue weighted by Crippen LogP contribution is -2.44. The highest BCUT2D eigenvalue weighted by molar-refractivity contribution is 7.91. The number of nitro groups is 1. The van der Waals surface area contributed by atoms with E-state index < -0.39 is 38.8 Å². The first-order chi connectivity index (χ1) is 12.0. The molecule has 9 nitrogen and oxygen atoms in total. The van der Waals surface area contributed by atoms with Crippen LogP contribution in [0.5, 0.6) is 0 Å². The van der Waals surface area contributed by atoms with Crippen LogP contribution in [0.4, 0.5) is 5.69 Å². The SMILES string of the molecule is Cc1ccc(C(=O)O[C@@H](C)C(=O)N(C)[C@@H]2CCS(=O)(=O)C2)cc1[N+](=O)[O-]. The first-order valence-electron chi connectivity index (χ1n) is 7.95. The summed E-state index contributed by atoms with van der Waals surface area (Å²) in [6.45, 7) is 2.92. The summed E-state index contributed by atoms with van der Waals surface area (Å²) >= 11 is 0. The summed E-state index contributed by atoms with van der Waals surface area (Å²) in [7, 11) is -1.68. The lowest BCUT2D eigenvalue weighted by Gasteiger charge is -2.26. The Bertz CT molecular complexity index is 850. The highest BCUT2D eigenvalue weighted by atomic mass is 32.2. The Kier molecular flexibility index (Phi) is 5.65. The maximum absolute atomic E-state index is 12.4. The van der Waals surface area contributed by atoms with Gasteiger partial charge >= 0.3 is 5.97 Å². The van der Waals surface area contributed by atoms with Crippen LogP contribution in [-0.4, -0.2) is 60.8 Å². The number of hydrogen-bond acceptors (Lipinski definition) is 7. The molecule has 2 rings (SSSR count). The molecule has 0 unspecified atom stereocenters. The van der Waals surface area contributed by atoms with Gasteiger partial charge in [0.2, 0.25) is 0 Å². The minimum absolute atomic E-state index is 0.0243. The minimum Gasteiger partial charge on any atom is -0.449 e. The number of benzene rings is 1. The number of carbonyl (C=O) groups excluding carboxylic acids is 2. The van der Waals surface area contributed by atoms with Crippen molar-refractivity contribution in [3.63, 3.8) is 0 Å². The summed E-state index contributed by atoms with van der Waals surface area (Å²) in [5.74, 6) is -1.47. The Morgan fingerprint density at radius 2 is 2.04 bits per heavy atom. The number of aryl methyl sites for hydroxylation is 1. The fourth-order valence-electron chi connectivity index (χ4n) is 2.76. The maximum atomic E-state index is 12.4. The van der Waals surface area contributed by atoms with Crippen molar-refractivity contribution in [1.82, 2.24) is 4.90 Å². The lowest BCUT2D eigenvalue weighted by molar-refractivity contribution is -0.385. The van der Waals surface area contributed by atoms with Crippen molar-refractivity contribution in [3.05, 3.63) is 39.4 Å². The van der Waals surface area contributed by atoms with Gasteiger partial charge in [-0.25, -0.2) is 13.2 Å². The Hall–Kier alpha value is -2.49. The molecule has 1 aliphatic heterocycles. The van der Waals surface area contributed by atoms with Crippen LogP contribution in [0.25, 0.3) is 0 Å². The molecule has 0 aliphatic carbocycles. The molecule has 1 aromatic carbocycles. The van der Waals surface area contributed by atoms with Gasteiger partial charge in [-0.1, -0.05) is 6.07 Å². The van der Waals surface area contributed by atoms with Crippen LogP contribution in [0.2, 0.25) is 0 Å². The van der Waals surface area contributed by atoms with Crippen LogP contribution in [0.15, 0.2) is 18.2 Å². The number of rotatable bonds is 5. The lowest BCUT2D eigenvalue weighted by atomic mass is 10.1. The van der Waals surface area contributed by atoms with E-state index in [0.29, 0.717) is 12.0 Å². The number of nitro benzene ring substituents is 1. The Labute approximate surface area is 151 Å². The minimum atomic E-state index is -3.15. The zero-order valence-corrected chi connectivity index (χ0v) is 15.5. The monoisotopic (exact) mass is 384 g/mol. The molecule has 142 valence electrons. The van der Waals surface area contributed by atoms with Gasteiger partial charge in [-0.15, -0.1) is 0 Å². The van der Waals surface area contributed by atoms with Crippen molar-refractivity contribution in [2.75, 3.05) is 18.6 Å². The van der Waals surface area contributed by atoms with Crippen LogP contribution in [0.1, 0.15) is 29.3 Å². The van der Waals surface area contributed by atoms with Gasteiger partial charge in [-0.2, -0.15) is 0 Å². The van der Waals surface area contributed by atoms with Crippen LogP contribution in [-0.2, 0) is 19.4 Å². The second-order valence-corrected chi connectivity index (χ2v) is 8.54. The predicted octanol–water partition coefficient (Wildman–Crippen LogP) is 1.09. The highest BCUT2D eigenvalue weighted by Gasteiger charge is 2.35. The average molecular weight is 384 g/mol. The van der Waals surface area contributed by atoms with Gasteiger partial charge in [0.25, 0.3) is 11.6 Å². The van der Waals surface area contributed by atoms with E-state index in [9.17, 15) is 28.1 Å². The number of amides is 1. The van der Waals surface area contributed by atoms with Crippen molar-refractivity contribution in [2.45, 2.75) is 32.4 Å². The zero-order valence-electron chi connectivity index (χ0n) is 14.7. The van der Waals surface area contributed by atoms with Crippen LogP contribution >= 0.6 is 0 Å². The molecule has 0 radical (unpaired) electrons. The van der Waals surface area contributed by atoms with Crippen molar-refractivity contribution in [2.24, 2.45) is 0 Å². The van der Waals surface area contributed by atoms with E-state index in [1.165, 1.54) is 31.0 Å². The molecular weight excluding hydrogens is 364 g/mol. The molecule has 10 heteroatoms. The van der Waals surface area contributed by atoms with Crippen molar-refractivity contribution >= 4 is 27.4 Å². The molecule has 0 spiro atoms. The van der Waals surface area contributed by atoms with Crippen molar-refractivity contribution in [1.29, 1.82) is 0 Å². The van der Waals surface area contributed by atoms with Crippen LogP contribution in [0, 0.1) is 17.0 Å². The van der Waals surface area contributed by atoms with Crippen LogP contribution < -0.4 is 0 Å². The topological polar surface area (TPSA) is 124 Å². The van der Waals surface area contributed by atoms with Crippen LogP contribution in [0.3, 0.4) is 0 Å². The molecule has 0 aromatic heterocycles. The largest absolute Gasteiger partial charge is 0.449 e. The van der Waals surface area contributed by atoms with Gasteiger partial charge in [0.05, 0.1) is 22.0 Å². The molecule has 0 bridgehead atoms. The van der Waals surface area contributed by atoms with E-state index in [4.69, 9.17) is 4.74 Å². The van der Waals surface area contributed by atoms with E-state index >= 15 is 0 Å². The average Bonchev–Trinajstić information content (AvgIpc) is 2.93. The standard InChI is InChI=1S/C16H20N2O7S/c1-10-4-5-12(8-14(10)18(21)22)16(20)25-11(2)15(19)17(3)13-6-7-26(23,24)9-13/h4-5,8,11,13H,6-7,9H2,1-3H3/t11-,13+/m0/s1. The molecular formula is C16H20N2O7S. The zero-order chi connectivity index (χ0) is 19.6. The van der Waals surface area contributed by atoms with E-state index in [2.05, 4.69) is 0 Å². The Morgan fingerprint density at radius 1 is 1.38 bits per heavy atom. The molecule has 0 N–H and O–H groups in total. The molecule has 2 atom stereocenters. The normalized spacial score (nSPS) is 19.6. The summed E-state index contributed by atoms with van der Waals surface area (Å²) in [5.41, 5.74) is 0.151. The molecule has 1 aromatic rings. The number of carbonyl (C=O) groups is 2. The Balaban J connectivity index is 2.05. The van der Waals surface area contributed by atoms with Crippen molar-refractivity contribution in [3.8, 4) is 0 Å².